The molecule has 0 aliphatic rings. The number of rotatable bonds is 5. The highest BCUT2D eigenvalue weighted by molar-refractivity contribution is 9.10. The first kappa shape index (κ1) is 15.6. The minimum atomic E-state index is -0.859. The van der Waals surface area contributed by atoms with Gasteiger partial charge in [-0.2, -0.15) is 0 Å². The Balaban J connectivity index is 2.45. The molecule has 0 saturated heterocycles. The maximum Gasteiger partial charge on any atom is 0.305 e. The SMILES string of the molecule is Cc1cc(-c2nnnn2C(CC(=O)O)C(C)C)ccc1Br. The summed E-state index contributed by atoms with van der Waals surface area (Å²) in [6, 6.07) is 5.55. The molecular weight excluding hydrogens is 336 g/mol. The van der Waals surface area contributed by atoms with Crippen LogP contribution in [0, 0.1) is 12.8 Å². The van der Waals surface area contributed by atoms with Gasteiger partial charge in [0.2, 0.25) is 0 Å². The van der Waals surface area contributed by atoms with Crippen molar-refractivity contribution in [3.63, 3.8) is 0 Å². The van der Waals surface area contributed by atoms with Crippen molar-refractivity contribution in [2.75, 3.05) is 0 Å². The van der Waals surface area contributed by atoms with Crippen LogP contribution in [-0.2, 0) is 4.79 Å². The van der Waals surface area contributed by atoms with E-state index in [4.69, 9.17) is 5.11 Å². The summed E-state index contributed by atoms with van der Waals surface area (Å²) in [5.41, 5.74) is 1.94. The Bertz CT molecular complexity index is 654. The molecule has 2 rings (SSSR count). The van der Waals surface area contributed by atoms with Crippen LogP contribution >= 0.6 is 15.9 Å². The molecule has 6 nitrogen and oxygen atoms in total. The first-order chi connectivity index (χ1) is 9.90. The molecule has 112 valence electrons. The Morgan fingerprint density at radius 3 is 2.71 bits per heavy atom. The van der Waals surface area contributed by atoms with Crippen LogP contribution in [0.1, 0.15) is 31.9 Å². The van der Waals surface area contributed by atoms with E-state index < -0.39 is 5.97 Å². The van der Waals surface area contributed by atoms with Gasteiger partial charge in [-0.05, 0) is 47.0 Å². The van der Waals surface area contributed by atoms with Crippen LogP contribution in [0.5, 0.6) is 0 Å². The fourth-order valence-corrected chi connectivity index (χ4v) is 2.42. The fourth-order valence-electron chi connectivity index (χ4n) is 2.17. The number of aryl methyl sites for hydroxylation is 1. The molecule has 1 atom stereocenters. The lowest BCUT2D eigenvalue weighted by molar-refractivity contribution is -0.138. The number of carbonyl (C=O) groups is 1. The second-order valence-electron chi connectivity index (χ2n) is 5.32. The molecule has 0 radical (unpaired) electrons. The topological polar surface area (TPSA) is 80.9 Å². The van der Waals surface area contributed by atoms with Crippen LogP contribution in [0.3, 0.4) is 0 Å². The van der Waals surface area contributed by atoms with Crippen molar-refractivity contribution in [3.8, 4) is 11.4 Å². The number of nitrogens with zero attached hydrogens (tertiary/aromatic N) is 4. The molecule has 0 spiro atoms. The average Bonchev–Trinajstić information content (AvgIpc) is 2.87. The molecule has 0 bridgehead atoms. The lowest BCUT2D eigenvalue weighted by atomic mass is 10.0. The summed E-state index contributed by atoms with van der Waals surface area (Å²) in [5.74, 6) is -0.160. The Kier molecular flexibility index (Phi) is 4.72. The summed E-state index contributed by atoms with van der Waals surface area (Å²) in [7, 11) is 0. The molecule has 2 aromatic rings. The maximum absolute atomic E-state index is 11.1. The summed E-state index contributed by atoms with van der Waals surface area (Å²) in [6.07, 6.45) is -0.00871. The molecule has 0 aliphatic carbocycles. The van der Waals surface area contributed by atoms with Crippen molar-refractivity contribution in [1.29, 1.82) is 0 Å². The van der Waals surface area contributed by atoms with Crippen LogP contribution in [0.4, 0.5) is 0 Å². The summed E-state index contributed by atoms with van der Waals surface area (Å²) in [6.45, 7) is 5.91. The molecule has 1 unspecified atom stereocenters. The maximum atomic E-state index is 11.1. The van der Waals surface area contributed by atoms with Crippen LogP contribution in [0.2, 0.25) is 0 Å². The second-order valence-corrected chi connectivity index (χ2v) is 6.17. The fraction of sp³-hybridized carbons (Fsp3) is 0.429. The van der Waals surface area contributed by atoms with Gasteiger partial charge in [-0.25, -0.2) is 4.68 Å². The van der Waals surface area contributed by atoms with E-state index in [1.165, 1.54) is 0 Å². The highest BCUT2D eigenvalue weighted by Crippen LogP contribution is 2.28. The van der Waals surface area contributed by atoms with Crippen molar-refractivity contribution in [2.45, 2.75) is 33.2 Å². The van der Waals surface area contributed by atoms with Crippen molar-refractivity contribution in [3.05, 3.63) is 28.2 Å². The predicted octanol–water partition coefficient (Wildman–Crippen LogP) is 3.08. The van der Waals surface area contributed by atoms with Crippen molar-refractivity contribution in [2.24, 2.45) is 5.92 Å². The number of aromatic nitrogens is 4. The van der Waals surface area contributed by atoms with Crippen LogP contribution in [0.15, 0.2) is 22.7 Å². The van der Waals surface area contributed by atoms with Crippen molar-refractivity contribution >= 4 is 21.9 Å². The van der Waals surface area contributed by atoms with E-state index >= 15 is 0 Å². The lowest BCUT2D eigenvalue weighted by Crippen LogP contribution is -2.21. The Hall–Kier alpha value is -1.76. The van der Waals surface area contributed by atoms with Crippen LogP contribution < -0.4 is 0 Å². The average molecular weight is 353 g/mol. The zero-order valence-electron chi connectivity index (χ0n) is 12.1. The molecular formula is C14H17BrN4O2. The van der Waals surface area contributed by atoms with E-state index in [1.54, 1.807) is 4.68 Å². The third-order valence-electron chi connectivity index (χ3n) is 3.38. The number of carboxylic acids is 1. The number of halogens is 1. The van der Waals surface area contributed by atoms with Gasteiger partial charge in [0.05, 0.1) is 12.5 Å². The zero-order chi connectivity index (χ0) is 15.6. The van der Waals surface area contributed by atoms with Crippen molar-refractivity contribution in [1.82, 2.24) is 20.2 Å². The van der Waals surface area contributed by atoms with E-state index in [0.29, 0.717) is 5.82 Å². The van der Waals surface area contributed by atoms with Gasteiger partial charge in [-0.1, -0.05) is 29.8 Å². The number of benzene rings is 1. The lowest BCUT2D eigenvalue weighted by Gasteiger charge is -2.20. The molecule has 0 amide bonds. The minimum Gasteiger partial charge on any atom is -0.481 e. The molecule has 0 aliphatic heterocycles. The molecule has 21 heavy (non-hydrogen) atoms. The summed E-state index contributed by atoms with van der Waals surface area (Å²) in [4.78, 5) is 11.1. The normalized spacial score (nSPS) is 12.6. The first-order valence-corrected chi connectivity index (χ1v) is 7.45. The molecule has 1 N–H and O–H groups in total. The van der Waals surface area contributed by atoms with E-state index in [-0.39, 0.29) is 18.4 Å². The standard InChI is InChI=1S/C14H17BrN4O2/c1-8(2)12(7-13(20)21)19-14(16-17-18-19)10-4-5-11(15)9(3)6-10/h4-6,8,12H,7H2,1-3H3,(H,20,21). The van der Waals surface area contributed by atoms with Crippen molar-refractivity contribution < 1.29 is 9.90 Å². The monoisotopic (exact) mass is 352 g/mol. The first-order valence-electron chi connectivity index (χ1n) is 6.66. The van der Waals surface area contributed by atoms with Gasteiger partial charge in [0.15, 0.2) is 5.82 Å². The smallest absolute Gasteiger partial charge is 0.305 e. The van der Waals surface area contributed by atoms with E-state index in [2.05, 4.69) is 31.5 Å². The Morgan fingerprint density at radius 1 is 1.43 bits per heavy atom. The number of carboxylic acid groups (broad SMARTS) is 1. The highest BCUT2D eigenvalue weighted by atomic mass is 79.9. The second kappa shape index (κ2) is 6.34. The number of tetrazole rings is 1. The van der Waals surface area contributed by atoms with Gasteiger partial charge in [-0.3, -0.25) is 4.79 Å². The van der Waals surface area contributed by atoms with Gasteiger partial charge >= 0.3 is 5.97 Å². The quantitative estimate of drug-likeness (QED) is 0.893. The largest absolute Gasteiger partial charge is 0.481 e. The van der Waals surface area contributed by atoms with E-state index in [0.717, 1.165) is 15.6 Å². The third-order valence-corrected chi connectivity index (χ3v) is 4.27. The predicted molar refractivity (Wildman–Crippen MR) is 81.8 cm³/mol. The van der Waals surface area contributed by atoms with E-state index in [1.807, 2.05) is 39.0 Å². The van der Waals surface area contributed by atoms with Crippen LogP contribution in [0.25, 0.3) is 11.4 Å². The van der Waals surface area contributed by atoms with E-state index in [9.17, 15) is 4.79 Å². The molecule has 0 fully saturated rings. The minimum absolute atomic E-state index is 0.00871. The molecule has 0 saturated carbocycles. The Labute approximate surface area is 131 Å². The van der Waals surface area contributed by atoms with Crippen LogP contribution in [-0.4, -0.2) is 31.3 Å². The number of hydrogen-bond donors (Lipinski definition) is 1. The number of hydrogen-bond acceptors (Lipinski definition) is 4. The van der Waals surface area contributed by atoms with Gasteiger partial charge in [0, 0.05) is 10.0 Å². The Morgan fingerprint density at radius 2 is 2.14 bits per heavy atom. The third kappa shape index (κ3) is 3.47. The molecule has 1 aromatic carbocycles. The summed E-state index contributed by atoms with van der Waals surface area (Å²) >= 11 is 3.46. The molecule has 1 heterocycles. The van der Waals surface area contributed by atoms with Gasteiger partial charge < -0.3 is 5.11 Å². The highest BCUT2D eigenvalue weighted by Gasteiger charge is 2.24. The van der Waals surface area contributed by atoms with Gasteiger partial charge in [-0.15, -0.1) is 5.10 Å². The van der Waals surface area contributed by atoms with Gasteiger partial charge in [0.25, 0.3) is 0 Å². The summed E-state index contributed by atoms with van der Waals surface area (Å²) < 4.78 is 2.62. The molecule has 1 aromatic heterocycles. The number of aliphatic carboxylic acids is 1. The zero-order valence-corrected chi connectivity index (χ0v) is 13.7. The molecule has 7 heteroatoms. The summed E-state index contributed by atoms with van der Waals surface area (Å²) in [5, 5.41) is 20.9. The van der Waals surface area contributed by atoms with Gasteiger partial charge in [0.1, 0.15) is 0 Å².